The van der Waals surface area contributed by atoms with Crippen LogP contribution in [0.5, 0.6) is 0 Å². The molecule has 68 valence electrons. The molecule has 0 amide bonds. The molecule has 0 fully saturated rings. The molecule has 1 rings (SSSR count). The predicted octanol–water partition coefficient (Wildman–Crippen LogP) is 2.98. The number of rotatable bonds is 4. The molecule has 0 aromatic heterocycles. The average Bonchev–Trinajstić information content (AvgIpc) is 2.16. The molecule has 0 aliphatic rings. The SMILES string of the molecule is O=C=Nc1cccc(CCCBr)c1. The average molecular weight is 240 g/mol. The number of benzene rings is 1. The number of nitrogens with zero attached hydrogens (tertiary/aromatic N) is 1. The first-order chi connectivity index (χ1) is 6.36. The first-order valence-corrected chi connectivity index (χ1v) is 5.21. The molecule has 0 atom stereocenters. The summed E-state index contributed by atoms with van der Waals surface area (Å²) >= 11 is 3.37. The number of carbonyl (C=O) groups excluding carboxylic acids is 1. The first-order valence-electron chi connectivity index (χ1n) is 4.09. The van der Waals surface area contributed by atoms with E-state index in [0.717, 1.165) is 18.2 Å². The Morgan fingerprint density at radius 1 is 1.46 bits per heavy atom. The Morgan fingerprint density at radius 3 is 3.00 bits per heavy atom. The molecule has 2 nitrogen and oxygen atoms in total. The van der Waals surface area contributed by atoms with Gasteiger partial charge in [0.2, 0.25) is 6.08 Å². The summed E-state index contributed by atoms with van der Waals surface area (Å²) in [6.07, 6.45) is 3.63. The molecular formula is C10H10BrNO. The van der Waals surface area contributed by atoms with Crippen LogP contribution in [0.4, 0.5) is 5.69 Å². The number of halogens is 1. The number of hydrogen-bond acceptors (Lipinski definition) is 2. The molecule has 0 saturated carbocycles. The third-order valence-corrected chi connectivity index (χ3v) is 2.25. The summed E-state index contributed by atoms with van der Waals surface area (Å²) in [4.78, 5) is 13.6. The van der Waals surface area contributed by atoms with Crippen molar-refractivity contribution in [1.82, 2.24) is 0 Å². The lowest BCUT2D eigenvalue weighted by molar-refractivity contribution is 0.565. The molecule has 0 aliphatic heterocycles. The second kappa shape index (κ2) is 5.68. The molecule has 0 bridgehead atoms. The summed E-state index contributed by atoms with van der Waals surface area (Å²) in [5.41, 5.74) is 1.89. The maximum absolute atomic E-state index is 10.0. The highest BCUT2D eigenvalue weighted by atomic mass is 79.9. The smallest absolute Gasteiger partial charge is 0.211 e. The van der Waals surface area contributed by atoms with Gasteiger partial charge in [0.15, 0.2) is 0 Å². The molecule has 3 heteroatoms. The topological polar surface area (TPSA) is 29.4 Å². The maximum Gasteiger partial charge on any atom is 0.240 e. The minimum absolute atomic E-state index is 0.682. The van der Waals surface area contributed by atoms with Crippen molar-refractivity contribution in [2.45, 2.75) is 12.8 Å². The van der Waals surface area contributed by atoms with Crippen LogP contribution in [0.15, 0.2) is 29.3 Å². The number of alkyl halides is 1. The summed E-state index contributed by atoms with van der Waals surface area (Å²) in [5.74, 6) is 0. The quantitative estimate of drug-likeness (QED) is 0.452. The molecule has 0 radical (unpaired) electrons. The van der Waals surface area contributed by atoms with E-state index >= 15 is 0 Å². The van der Waals surface area contributed by atoms with Crippen LogP contribution in [0, 0.1) is 0 Å². The molecule has 0 unspecified atom stereocenters. The van der Waals surface area contributed by atoms with Gasteiger partial charge < -0.3 is 0 Å². The van der Waals surface area contributed by atoms with E-state index in [1.54, 1.807) is 6.07 Å². The molecule has 0 N–H and O–H groups in total. The summed E-state index contributed by atoms with van der Waals surface area (Å²) in [6.45, 7) is 0. The van der Waals surface area contributed by atoms with E-state index in [9.17, 15) is 4.79 Å². The van der Waals surface area contributed by atoms with Crippen molar-refractivity contribution >= 4 is 27.7 Å². The summed E-state index contributed by atoms with van der Waals surface area (Å²) in [6, 6.07) is 7.64. The minimum atomic E-state index is 0.682. The normalized spacial score (nSPS) is 9.31. The van der Waals surface area contributed by atoms with Crippen molar-refractivity contribution < 1.29 is 4.79 Å². The van der Waals surface area contributed by atoms with E-state index in [4.69, 9.17) is 0 Å². The zero-order valence-electron chi connectivity index (χ0n) is 7.16. The molecular weight excluding hydrogens is 230 g/mol. The van der Waals surface area contributed by atoms with Gasteiger partial charge in [-0.15, -0.1) is 0 Å². The van der Waals surface area contributed by atoms with Gasteiger partial charge in [-0.25, -0.2) is 4.79 Å². The third-order valence-electron chi connectivity index (χ3n) is 1.68. The zero-order valence-corrected chi connectivity index (χ0v) is 8.75. The van der Waals surface area contributed by atoms with Gasteiger partial charge >= 0.3 is 0 Å². The van der Waals surface area contributed by atoms with Gasteiger partial charge in [0.05, 0.1) is 5.69 Å². The fourth-order valence-corrected chi connectivity index (χ4v) is 1.39. The number of aryl methyl sites for hydroxylation is 1. The fraction of sp³-hybridized carbons (Fsp3) is 0.300. The van der Waals surface area contributed by atoms with Crippen molar-refractivity contribution in [2.75, 3.05) is 5.33 Å². The monoisotopic (exact) mass is 239 g/mol. The maximum atomic E-state index is 10.0. The molecule has 0 heterocycles. The Balaban J connectivity index is 2.73. The lowest BCUT2D eigenvalue weighted by atomic mass is 10.1. The highest BCUT2D eigenvalue weighted by Gasteiger charge is 1.94. The Labute approximate surface area is 85.8 Å². The summed E-state index contributed by atoms with van der Waals surface area (Å²) < 4.78 is 0. The van der Waals surface area contributed by atoms with E-state index in [1.165, 1.54) is 11.6 Å². The summed E-state index contributed by atoms with van der Waals surface area (Å²) in [7, 11) is 0. The largest absolute Gasteiger partial charge is 0.240 e. The van der Waals surface area contributed by atoms with Crippen molar-refractivity contribution in [2.24, 2.45) is 4.99 Å². The van der Waals surface area contributed by atoms with Gasteiger partial charge in [-0.05, 0) is 30.5 Å². The Hall–Kier alpha value is -0.920. The van der Waals surface area contributed by atoms with Crippen LogP contribution < -0.4 is 0 Å². The van der Waals surface area contributed by atoms with Crippen molar-refractivity contribution in [3.63, 3.8) is 0 Å². The van der Waals surface area contributed by atoms with E-state index < -0.39 is 0 Å². The molecule has 1 aromatic carbocycles. The fourth-order valence-electron chi connectivity index (χ4n) is 1.11. The van der Waals surface area contributed by atoms with E-state index in [2.05, 4.69) is 20.9 Å². The minimum Gasteiger partial charge on any atom is -0.211 e. The van der Waals surface area contributed by atoms with Gasteiger partial charge in [0, 0.05) is 5.33 Å². The van der Waals surface area contributed by atoms with Crippen molar-refractivity contribution in [3.8, 4) is 0 Å². The second-order valence-electron chi connectivity index (χ2n) is 2.67. The first kappa shape index (κ1) is 10.2. The van der Waals surface area contributed by atoms with E-state index in [1.807, 2.05) is 18.2 Å². The van der Waals surface area contributed by atoms with E-state index in [-0.39, 0.29) is 0 Å². The molecule has 0 saturated heterocycles. The number of hydrogen-bond donors (Lipinski definition) is 0. The van der Waals surface area contributed by atoms with Crippen LogP contribution in [0.25, 0.3) is 0 Å². The molecule has 0 aliphatic carbocycles. The third kappa shape index (κ3) is 3.53. The standard InChI is InChI=1S/C10H10BrNO/c11-6-2-4-9-3-1-5-10(7-9)12-8-13/h1,3,5,7H,2,4,6H2. The van der Waals surface area contributed by atoms with Crippen LogP contribution in [0.1, 0.15) is 12.0 Å². The Morgan fingerprint density at radius 2 is 2.31 bits per heavy atom. The van der Waals surface area contributed by atoms with Crippen LogP contribution in [0.2, 0.25) is 0 Å². The van der Waals surface area contributed by atoms with Crippen molar-refractivity contribution in [3.05, 3.63) is 29.8 Å². The lowest BCUT2D eigenvalue weighted by Crippen LogP contribution is -1.84. The molecule has 0 spiro atoms. The van der Waals surface area contributed by atoms with Crippen LogP contribution in [0.3, 0.4) is 0 Å². The van der Waals surface area contributed by atoms with Gasteiger partial charge in [0.1, 0.15) is 0 Å². The summed E-state index contributed by atoms with van der Waals surface area (Å²) in [5, 5.41) is 0.994. The van der Waals surface area contributed by atoms with Gasteiger partial charge in [-0.2, -0.15) is 4.99 Å². The Kier molecular flexibility index (Phi) is 4.44. The highest BCUT2D eigenvalue weighted by molar-refractivity contribution is 9.09. The van der Waals surface area contributed by atoms with Crippen LogP contribution >= 0.6 is 15.9 Å². The van der Waals surface area contributed by atoms with Gasteiger partial charge in [-0.1, -0.05) is 28.1 Å². The predicted molar refractivity (Wildman–Crippen MR) is 56.3 cm³/mol. The zero-order chi connectivity index (χ0) is 9.52. The molecule has 13 heavy (non-hydrogen) atoms. The Bertz CT molecular complexity index is 318. The van der Waals surface area contributed by atoms with Crippen LogP contribution in [-0.4, -0.2) is 11.4 Å². The van der Waals surface area contributed by atoms with Gasteiger partial charge in [-0.3, -0.25) is 0 Å². The van der Waals surface area contributed by atoms with Gasteiger partial charge in [0.25, 0.3) is 0 Å². The lowest BCUT2D eigenvalue weighted by Gasteiger charge is -1.98. The van der Waals surface area contributed by atoms with Crippen molar-refractivity contribution in [1.29, 1.82) is 0 Å². The number of aliphatic imine (C=N–C) groups is 1. The van der Waals surface area contributed by atoms with E-state index in [0.29, 0.717) is 5.69 Å². The molecule has 1 aromatic rings. The second-order valence-corrected chi connectivity index (χ2v) is 3.46. The highest BCUT2D eigenvalue weighted by Crippen LogP contribution is 2.14. The van der Waals surface area contributed by atoms with Crippen LogP contribution in [-0.2, 0) is 11.2 Å². The number of isocyanates is 1.